The van der Waals surface area contributed by atoms with Gasteiger partial charge in [-0.25, -0.2) is 9.97 Å². The molecule has 0 unspecified atom stereocenters. The van der Waals surface area contributed by atoms with Crippen LogP contribution in [0, 0.1) is 0 Å². The van der Waals surface area contributed by atoms with Crippen molar-refractivity contribution in [2.75, 3.05) is 5.32 Å². The van der Waals surface area contributed by atoms with Crippen LogP contribution in [0.25, 0.3) is 21.9 Å². The van der Waals surface area contributed by atoms with E-state index >= 15 is 0 Å². The van der Waals surface area contributed by atoms with Gasteiger partial charge in [-0.3, -0.25) is 4.79 Å². The quantitative estimate of drug-likeness (QED) is 0.472. The Balaban J connectivity index is 1.49. The van der Waals surface area contributed by atoms with Crippen LogP contribution in [0.2, 0.25) is 0 Å². The maximum absolute atomic E-state index is 11.6. The van der Waals surface area contributed by atoms with Crippen molar-refractivity contribution in [2.24, 2.45) is 5.73 Å². The summed E-state index contributed by atoms with van der Waals surface area (Å²) in [5, 5.41) is 13.2. The van der Waals surface area contributed by atoms with Gasteiger partial charge >= 0.3 is 0 Å². The van der Waals surface area contributed by atoms with Gasteiger partial charge in [-0.1, -0.05) is 42.5 Å². The Bertz CT molecular complexity index is 1380. The number of anilines is 2. The summed E-state index contributed by atoms with van der Waals surface area (Å²) in [4.78, 5) is 21.8. The fraction of sp³-hybridized carbons (Fsp3) is 0.0455. The second kappa shape index (κ2) is 7.25. The highest BCUT2D eigenvalue weighted by molar-refractivity contribution is 5.96. The topological polar surface area (TPSA) is 112 Å². The van der Waals surface area contributed by atoms with Crippen molar-refractivity contribution in [1.82, 2.24) is 25.0 Å². The minimum atomic E-state index is -0.678. The number of carbonyl (C=O) groups excluding carboxylic acids is 1. The van der Waals surface area contributed by atoms with E-state index in [0.29, 0.717) is 17.9 Å². The first-order valence-corrected chi connectivity index (χ1v) is 9.38. The molecule has 2 heterocycles. The number of fused-ring (bicyclic) bond motifs is 2. The van der Waals surface area contributed by atoms with Crippen molar-refractivity contribution in [3.8, 4) is 0 Å². The number of nitrogens with zero attached hydrogens (tertiary/aromatic N) is 5. The Morgan fingerprint density at radius 3 is 2.47 bits per heavy atom. The lowest BCUT2D eigenvalue weighted by Crippen LogP contribution is -2.16. The van der Waals surface area contributed by atoms with Crippen molar-refractivity contribution in [3.05, 3.63) is 84.2 Å². The van der Waals surface area contributed by atoms with Crippen LogP contribution in [-0.2, 0) is 6.54 Å². The van der Waals surface area contributed by atoms with Crippen molar-refractivity contribution >= 4 is 39.3 Å². The van der Waals surface area contributed by atoms with E-state index in [2.05, 4.69) is 25.5 Å². The number of aromatic nitrogens is 5. The minimum Gasteiger partial charge on any atom is -0.363 e. The van der Waals surface area contributed by atoms with Gasteiger partial charge in [0.1, 0.15) is 16.9 Å². The zero-order valence-corrected chi connectivity index (χ0v) is 15.9. The van der Waals surface area contributed by atoms with Gasteiger partial charge in [0.05, 0.1) is 12.1 Å². The molecular formula is C22H17N7O. The minimum absolute atomic E-state index is 0.0360. The van der Waals surface area contributed by atoms with Gasteiger partial charge in [-0.2, -0.15) is 15.0 Å². The molecule has 5 aromatic rings. The molecule has 8 heteroatoms. The molecule has 0 spiro atoms. The highest BCUT2D eigenvalue weighted by Crippen LogP contribution is 2.25. The summed E-state index contributed by atoms with van der Waals surface area (Å²) >= 11 is 0. The number of hydrogen-bond donors (Lipinski definition) is 2. The highest BCUT2D eigenvalue weighted by Gasteiger charge is 2.12. The number of primary amides is 1. The number of nitrogens with two attached hydrogens (primary N) is 1. The number of rotatable bonds is 5. The molecule has 2 aromatic heterocycles. The molecule has 146 valence electrons. The Morgan fingerprint density at radius 1 is 0.867 bits per heavy atom. The van der Waals surface area contributed by atoms with E-state index < -0.39 is 5.91 Å². The number of benzene rings is 3. The van der Waals surface area contributed by atoms with Gasteiger partial charge in [-0.05, 0) is 35.9 Å². The molecule has 8 nitrogen and oxygen atoms in total. The third-order valence-corrected chi connectivity index (χ3v) is 4.67. The smallest absolute Gasteiger partial charge is 0.286 e. The summed E-state index contributed by atoms with van der Waals surface area (Å²) in [7, 11) is 0. The molecule has 3 aromatic carbocycles. The molecule has 5 rings (SSSR count). The summed E-state index contributed by atoms with van der Waals surface area (Å²) in [5.74, 6) is -0.209. The molecule has 0 saturated carbocycles. The molecule has 0 atom stereocenters. The van der Waals surface area contributed by atoms with Gasteiger partial charge < -0.3 is 11.1 Å². The van der Waals surface area contributed by atoms with Gasteiger partial charge in [-0.15, -0.1) is 0 Å². The van der Waals surface area contributed by atoms with E-state index in [1.54, 1.807) is 4.80 Å². The predicted octanol–water partition coefficient (Wildman–Crippen LogP) is 3.27. The lowest BCUT2D eigenvalue weighted by Gasteiger charge is -2.09. The van der Waals surface area contributed by atoms with E-state index in [1.165, 1.54) is 0 Å². The second-order valence-electron chi connectivity index (χ2n) is 6.82. The monoisotopic (exact) mass is 395 g/mol. The molecule has 0 aliphatic heterocycles. The highest BCUT2D eigenvalue weighted by atomic mass is 16.1. The zero-order valence-electron chi connectivity index (χ0n) is 15.9. The maximum atomic E-state index is 11.6. The molecule has 0 radical (unpaired) electrons. The number of carbonyl (C=O) groups is 1. The predicted molar refractivity (Wildman–Crippen MR) is 114 cm³/mol. The molecule has 0 aliphatic rings. The summed E-state index contributed by atoms with van der Waals surface area (Å²) in [5.41, 5.74) is 9.48. The van der Waals surface area contributed by atoms with Gasteiger partial charge in [0.25, 0.3) is 5.91 Å². The van der Waals surface area contributed by atoms with E-state index in [0.717, 1.165) is 27.7 Å². The Hall–Kier alpha value is -4.33. The average Bonchev–Trinajstić information content (AvgIpc) is 3.16. The zero-order chi connectivity index (χ0) is 20.5. The summed E-state index contributed by atoms with van der Waals surface area (Å²) in [6.45, 7) is 0.594. The summed E-state index contributed by atoms with van der Waals surface area (Å²) in [6.07, 6.45) is 0. The van der Waals surface area contributed by atoms with E-state index in [1.807, 2.05) is 72.8 Å². The molecule has 0 fully saturated rings. The fourth-order valence-corrected chi connectivity index (χ4v) is 3.27. The van der Waals surface area contributed by atoms with Crippen molar-refractivity contribution in [1.29, 1.82) is 0 Å². The lowest BCUT2D eigenvalue weighted by atomic mass is 10.2. The second-order valence-corrected chi connectivity index (χ2v) is 6.82. The molecule has 0 bridgehead atoms. The molecule has 3 N–H and O–H groups in total. The van der Waals surface area contributed by atoms with E-state index in [9.17, 15) is 4.79 Å². The van der Waals surface area contributed by atoms with E-state index in [-0.39, 0.29) is 5.82 Å². The first-order valence-electron chi connectivity index (χ1n) is 9.38. The molecule has 30 heavy (non-hydrogen) atoms. The molecule has 0 saturated heterocycles. The normalized spacial score (nSPS) is 11.1. The van der Waals surface area contributed by atoms with Crippen molar-refractivity contribution < 1.29 is 4.79 Å². The van der Waals surface area contributed by atoms with Crippen LogP contribution in [0.1, 0.15) is 16.2 Å². The van der Waals surface area contributed by atoms with Gasteiger partial charge in [0.2, 0.25) is 5.82 Å². The first-order chi connectivity index (χ1) is 14.7. The van der Waals surface area contributed by atoms with Crippen LogP contribution in [0.4, 0.5) is 11.5 Å². The Morgan fingerprint density at radius 2 is 1.63 bits per heavy atom. The van der Waals surface area contributed by atoms with Crippen LogP contribution in [0.15, 0.2) is 72.8 Å². The average molecular weight is 395 g/mol. The summed E-state index contributed by atoms with van der Waals surface area (Å²) < 4.78 is 0. The molecule has 0 aliphatic carbocycles. The summed E-state index contributed by atoms with van der Waals surface area (Å²) in [6, 6.07) is 23.2. The van der Waals surface area contributed by atoms with Crippen molar-refractivity contribution in [2.45, 2.75) is 6.54 Å². The Labute approximate surface area is 171 Å². The lowest BCUT2D eigenvalue weighted by molar-refractivity contribution is 0.0991. The fourth-order valence-electron chi connectivity index (χ4n) is 3.27. The molecular weight excluding hydrogens is 378 g/mol. The third kappa shape index (κ3) is 3.42. The van der Waals surface area contributed by atoms with Crippen LogP contribution < -0.4 is 11.1 Å². The van der Waals surface area contributed by atoms with Crippen LogP contribution >= 0.6 is 0 Å². The van der Waals surface area contributed by atoms with Gasteiger partial charge in [0, 0.05) is 11.1 Å². The van der Waals surface area contributed by atoms with E-state index in [4.69, 9.17) is 5.73 Å². The number of amides is 1. The van der Waals surface area contributed by atoms with Crippen LogP contribution in [0.5, 0.6) is 0 Å². The van der Waals surface area contributed by atoms with Crippen molar-refractivity contribution in [3.63, 3.8) is 0 Å². The number of hydrogen-bond acceptors (Lipinski definition) is 6. The largest absolute Gasteiger partial charge is 0.363 e. The SMILES string of the molecule is NC(=O)c1nc(Nc2ccc3nn(Cc4ccccc4)nc3c2)c2ccccc2n1. The van der Waals surface area contributed by atoms with Crippen LogP contribution in [0.3, 0.4) is 0 Å². The maximum Gasteiger partial charge on any atom is 0.286 e. The van der Waals surface area contributed by atoms with Gasteiger partial charge in [0.15, 0.2) is 0 Å². The standard InChI is InChI=1S/C22H17N7O/c23-20(30)22-25-17-9-5-4-8-16(17)21(26-22)24-15-10-11-18-19(12-15)28-29(27-18)13-14-6-2-1-3-7-14/h1-12H,13H2,(H2,23,30)(H,24,25,26). The first kappa shape index (κ1) is 17.7. The third-order valence-electron chi connectivity index (χ3n) is 4.67. The molecule has 1 amide bonds. The Kier molecular flexibility index (Phi) is 4.29. The number of para-hydroxylation sites is 1. The van der Waals surface area contributed by atoms with Crippen LogP contribution in [-0.4, -0.2) is 30.9 Å². The number of nitrogens with one attached hydrogen (secondary N) is 1.